The van der Waals surface area contributed by atoms with Gasteiger partial charge in [-0.2, -0.15) is 0 Å². The van der Waals surface area contributed by atoms with E-state index in [1.54, 1.807) is 24.5 Å². The SMILES string of the molecule is C[C@@H]1[C@H](CSc2nncn2C)O[C@H](c2cccc(-c3cccc(CNC(=O)c4c(F)c(F)c(F)c(F)c4F)c3)c2)O[C@@H]1c1ccc(CO)cc1. The molecule has 14 heteroatoms. The van der Waals surface area contributed by atoms with Crippen molar-refractivity contribution in [1.29, 1.82) is 0 Å². The molecule has 8 nitrogen and oxygen atoms in total. The summed E-state index contributed by atoms with van der Waals surface area (Å²) in [5.41, 5.74) is 2.92. The monoisotopic (exact) mass is 710 g/mol. The van der Waals surface area contributed by atoms with Crippen molar-refractivity contribution in [2.45, 2.75) is 43.7 Å². The molecule has 0 spiro atoms. The zero-order valence-electron chi connectivity index (χ0n) is 26.7. The van der Waals surface area contributed by atoms with Crippen LogP contribution in [-0.2, 0) is 29.7 Å². The van der Waals surface area contributed by atoms with Crippen molar-refractivity contribution in [3.05, 3.63) is 136 Å². The summed E-state index contributed by atoms with van der Waals surface area (Å²) >= 11 is 1.53. The second-order valence-electron chi connectivity index (χ2n) is 11.8. The van der Waals surface area contributed by atoms with E-state index in [1.165, 1.54) is 11.8 Å². The summed E-state index contributed by atoms with van der Waals surface area (Å²) in [4.78, 5) is 12.5. The largest absolute Gasteiger partial charge is 0.392 e. The Kier molecular flexibility index (Phi) is 10.6. The van der Waals surface area contributed by atoms with Crippen molar-refractivity contribution in [1.82, 2.24) is 20.1 Å². The lowest BCUT2D eigenvalue weighted by Gasteiger charge is -2.41. The van der Waals surface area contributed by atoms with Gasteiger partial charge in [-0.3, -0.25) is 4.79 Å². The van der Waals surface area contributed by atoms with Crippen LogP contribution in [0.4, 0.5) is 22.0 Å². The molecule has 0 radical (unpaired) electrons. The van der Waals surface area contributed by atoms with Crippen LogP contribution in [0.25, 0.3) is 11.1 Å². The number of ether oxygens (including phenoxy) is 2. The lowest BCUT2D eigenvalue weighted by atomic mass is 9.91. The molecule has 0 aliphatic carbocycles. The number of carbonyl (C=O) groups is 1. The minimum atomic E-state index is -2.34. The van der Waals surface area contributed by atoms with Crippen molar-refractivity contribution < 1.29 is 41.3 Å². The summed E-state index contributed by atoms with van der Waals surface area (Å²) in [6.07, 6.45) is 0.306. The molecule has 4 aromatic carbocycles. The molecule has 1 amide bonds. The lowest BCUT2D eigenvalue weighted by molar-refractivity contribution is -0.268. The van der Waals surface area contributed by atoms with Crippen LogP contribution in [0.15, 0.2) is 84.3 Å². The second-order valence-corrected chi connectivity index (χ2v) is 12.8. The molecule has 1 saturated heterocycles. The van der Waals surface area contributed by atoms with E-state index >= 15 is 0 Å². The Morgan fingerprint density at radius 3 is 2.18 bits per heavy atom. The molecule has 1 fully saturated rings. The molecule has 6 rings (SSSR count). The van der Waals surface area contributed by atoms with Crippen LogP contribution in [0, 0.1) is 35.0 Å². The van der Waals surface area contributed by atoms with Crippen molar-refractivity contribution >= 4 is 17.7 Å². The summed E-state index contributed by atoms with van der Waals surface area (Å²) in [5.74, 6) is -12.1. The molecule has 2 heterocycles. The number of benzene rings is 4. The van der Waals surface area contributed by atoms with Crippen LogP contribution in [0.2, 0.25) is 0 Å². The van der Waals surface area contributed by atoms with Gasteiger partial charge in [-0.25, -0.2) is 22.0 Å². The Hall–Kier alpha value is -4.63. The maximum Gasteiger partial charge on any atom is 0.257 e. The highest BCUT2D eigenvalue weighted by molar-refractivity contribution is 7.99. The number of aliphatic hydroxyl groups is 1. The van der Waals surface area contributed by atoms with E-state index < -0.39 is 46.8 Å². The Morgan fingerprint density at radius 1 is 0.860 bits per heavy atom. The summed E-state index contributed by atoms with van der Waals surface area (Å²) in [6, 6.07) is 22.0. The van der Waals surface area contributed by atoms with Crippen LogP contribution in [0.3, 0.4) is 0 Å². The van der Waals surface area contributed by atoms with E-state index in [-0.39, 0.29) is 31.3 Å². The van der Waals surface area contributed by atoms with Gasteiger partial charge < -0.3 is 24.5 Å². The minimum Gasteiger partial charge on any atom is -0.392 e. The van der Waals surface area contributed by atoms with E-state index in [1.807, 2.05) is 66.2 Å². The first-order chi connectivity index (χ1) is 24.0. The Balaban J connectivity index is 1.22. The number of amides is 1. The number of carbonyl (C=O) groups excluding carboxylic acids is 1. The third-order valence-electron chi connectivity index (χ3n) is 8.48. The molecule has 1 aromatic heterocycles. The van der Waals surface area contributed by atoms with Gasteiger partial charge in [-0.1, -0.05) is 79.3 Å². The number of hydrogen-bond acceptors (Lipinski definition) is 7. The van der Waals surface area contributed by atoms with E-state index in [2.05, 4.69) is 22.4 Å². The highest BCUT2D eigenvalue weighted by atomic mass is 32.2. The van der Waals surface area contributed by atoms with E-state index in [0.29, 0.717) is 11.3 Å². The van der Waals surface area contributed by atoms with E-state index in [0.717, 1.165) is 33.0 Å². The number of aromatic nitrogens is 3. The van der Waals surface area contributed by atoms with Gasteiger partial charge in [0.2, 0.25) is 5.82 Å². The third-order valence-corrected chi connectivity index (χ3v) is 9.60. The number of aliphatic hydroxyl groups excluding tert-OH is 1. The average Bonchev–Trinajstić information content (AvgIpc) is 3.56. The maximum atomic E-state index is 14.2. The van der Waals surface area contributed by atoms with Gasteiger partial charge in [0.1, 0.15) is 11.9 Å². The molecule has 260 valence electrons. The number of rotatable bonds is 10. The van der Waals surface area contributed by atoms with E-state index in [9.17, 15) is 31.9 Å². The van der Waals surface area contributed by atoms with Gasteiger partial charge in [0.15, 0.2) is 34.7 Å². The molecule has 1 aliphatic heterocycles. The zero-order chi connectivity index (χ0) is 35.5. The van der Waals surface area contributed by atoms with Gasteiger partial charge in [0, 0.05) is 30.8 Å². The topological polar surface area (TPSA) is 98.5 Å². The predicted molar refractivity (Wildman–Crippen MR) is 174 cm³/mol. The van der Waals surface area contributed by atoms with Gasteiger partial charge in [0.05, 0.1) is 18.8 Å². The molecule has 0 bridgehead atoms. The average molecular weight is 711 g/mol. The summed E-state index contributed by atoms with van der Waals surface area (Å²) in [5, 5.41) is 20.7. The van der Waals surface area contributed by atoms with Crippen molar-refractivity contribution in [3.63, 3.8) is 0 Å². The van der Waals surface area contributed by atoms with Crippen LogP contribution in [-0.4, -0.2) is 37.6 Å². The minimum absolute atomic E-state index is 0.0492. The van der Waals surface area contributed by atoms with Gasteiger partial charge in [-0.15, -0.1) is 10.2 Å². The summed E-state index contributed by atoms with van der Waals surface area (Å²) in [7, 11) is 1.87. The number of nitrogens with zero attached hydrogens (tertiary/aromatic N) is 3. The van der Waals surface area contributed by atoms with Crippen molar-refractivity contribution in [3.8, 4) is 11.1 Å². The molecule has 2 N–H and O–H groups in total. The Morgan fingerprint density at radius 2 is 1.52 bits per heavy atom. The number of aryl methyl sites for hydroxylation is 1. The molecular formula is C36H31F5N4O4S. The molecule has 1 aliphatic rings. The van der Waals surface area contributed by atoms with Gasteiger partial charge in [0.25, 0.3) is 5.91 Å². The fourth-order valence-electron chi connectivity index (χ4n) is 5.67. The van der Waals surface area contributed by atoms with Gasteiger partial charge >= 0.3 is 0 Å². The quantitative estimate of drug-likeness (QED) is 0.0686. The van der Waals surface area contributed by atoms with E-state index in [4.69, 9.17) is 9.47 Å². The fraction of sp³-hybridized carbons (Fsp3) is 0.250. The predicted octanol–water partition coefficient (Wildman–Crippen LogP) is 7.18. The zero-order valence-corrected chi connectivity index (χ0v) is 27.6. The maximum absolute atomic E-state index is 14.2. The summed E-state index contributed by atoms with van der Waals surface area (Å²) < 4.78 is 84.0. The number of thioether (sulfide) groups is 1. The number of halogens is 5. The third kappa shape index (κ3) is 7.29. The lowest BCUT2D eigenvalue weighted by Crippen LogP contribution is -2.38. The second kappa shape index (κ2) is 15.1. The number of hydrogen-bond donors (Lipinski definition) is 2. The molecular weight excluding hydrogens is 679 g/mol. The standard InChI is InChI=1S/C36H31F5N4O4S/c1-19-26(17-50-36-44-43-18-45(36)2)48-35(49-33(19)22-11-9-20(16-46)10-12-22)25-8-4-7-24(14-25)23-6-3-5-21(13-23)15-42-34(47)27-28(37)30(39)32(41)31(40)29(27)38/h3-14,18-19,26,33,35,46H,15-17H2,1-2H3,(H,42,47)/t19-,26+,33+,35+/m1/s1. The molecule has 5 aromatic rings. The first-order valence-electron chi connectivity index (χ1n) is 15.5. The summed E-state index contributed by atoms with van der Waals surface area (Å²) in [6.45, 7) is 1.74. The van der Waals surface area contributed by atoms with Crippen LogP contribution >= 0.6 is 11.8 Å². The Labute approximate surface area is 288 Å². The number of nitrogens with one attached hydrogen (secondary N) is 1. The van der Waals surface area contributed by atoms with Gasteiger partial charge in [-0.05, 0) is 39.9 Å². The first kappa shape index (κ1) is 35.2. The van der Waals surface area contributed by atoms with Crippen molar-refractivity contribution in [2.24, 2.45) is 13.0 Å². The van der Waals surface area contributed by atoms with Crippen molar-refractivity contribution in [2.75, 3.05) is 5.75 Å². The smallest absolute Gasteiger partial charge is 0.257 e. The molecule has 0 saturated carbocycles. The highest BCUT2D eigenvalue weighted by Gasteiger charge is 2.38. The fourth-order valence-corrected chi connectivity index (χ4v) is 6.72. The highest BCUT2D eigenvalue weighted by Crippen LogP contribution is 2.43. The van der Waals surface area contributed by atoms with Crippen LogP contribution in [0.5, 0.6) is 0 Å². The molecule has 50 heavy (non-hydrogen) atoms. The van der Waals surface area contributed by atoms with Crippen LogP contribution in [0.1, 0.15) is 51.9 Å². The molecule has 4 atom stereocenters. The van der Waals surface area contributed by atoms with Crippen LogP contribution < -0.4 is 5.32 Å². The normalized spacial score (nSPS) is 19.0. The first-order valence-corrected chi connectivity index (χ1v) is 16.5. The molecule has 0 unspecified atom stereocenters. The Bertz CT molecular complexity index is 1980.